The summed E-state index contributed by atoms with van der Waals surface area (Å²) in [6, 6.07) is 16.0. The van der Waals surface area contributed by atoms with Crippen molar-refractivity contribution in [2.45, 2.75) is 16.2 Å². The van der Waals surface area contributed by atoms with E-state index in [4.69, 9.17) is 15.2 Å². The van der Waals surface area contributed by atoms with Gasteiger partial charge in [0.25, 0.3) is 11.6 Å². The van der Waals surface area contributed by atoms with E-state index in [2.05, 4.69) is 10.2 Å². The topological polar surface area (TPSA) is 154 Å². The maximum Gasteiger partial charge on any atom is 0.293 e. The van der Waals surface area contributed by atoms with Crippen molar-refractivity contribution in [2.24, 2.45) is 5.73 Å². The smallest absolute Gasteiger partial charge is 0.293 e. The number of rotatable bonds is 11. The van der Waals surface area contributed by atoms with Crippen LogP contribution in [0.5, 0.6) is 11.5 Å². The van der Waals surface area contributed by atoms with E-state index in [0.29, 0.717) is 25.5 Å². The normalized spacial score (nSPS) is 14.1. The Hall–Kier alpha value is -4.00. The van der Waals surface area contributed by atoms with Gasteiger partial charge in [0.15, 0.2) is 5.75 Å². The van der Waals surface area contributed by atoms with Gasteiger partial charge in [-0.1, -0.05) is 24.3 Å². The van der Waals surface area contributed by atoms with E-state index >= 15 is 0 Å². The SMILES string of the molecule is NC(=O)c1cccc(S(=O)(=O)c2ccc(NCCCN3CCOCC3)c([N+](=O)[O-])c2)c1Oc1ccccc1. The molecule has 3 aromatic rings. The summed E-state index contributed by atoms with van der Waals surface area (Å²) in [7, 11) is -4.34. The molecule has 0 atom stereocenters. The molecule has 4 rings (SSSR count). The number of carbonyl (C=O) groups is 1. The van der Waals surface area contributed by atoms with Crippen molar-refractivity contribution in [3.63, 3.8) is 0 Å². The summed E-state index contributed by atoms with van der Waals surface area (Å²) in [5, 5.41) is 14.9. The van der Waals surface area contributed by atoms with Gasteiger partial charge in [0.2, 0.25) is 9.84 Å². The number of benzene rings is 3. The third-order valence-electron chi connectivity index (χ3n) is 6.04. The molecule has 12 heteroatoms. The lowest BCUT2D eigenvalue weighted by molar-refractivity contribution is -0.384. The van der Waals surface area contributed by atoms with Crippen LogP contribution in [0.15, 0.2) is 76.5 Å². The van der Waals surface area contributed by atoms with Gasteiger partial charge in [0.1, 0.15) is 16.3 Å². The number of carbonyl (C=O) groups excluding carboxylic acids is 1. The zero-order valence-electron chi connectivity index (χ0n) is 20.5. The number of ether oxygens (including phenoxy) is 2. The molecule has 38 heavy (non-hydrogen) atoms. The summed E-state index contributed by atoms with van der Waals surface area (Å²) < 4.78 is 38.4. The highest BCUT2D eigenvalue weighted by Gasteiger charge is 2.29. The fourth-order valence-electron chi connectivity index (χ4n) is 4.09. The van der Waals surface area contributed by atoms with Crippen LogP contribution in [-0.4, -0.2) is 63.5 Å². The van der Waals surface area contributed by atoms with E-state index in [1.807, 2.05) is 0 Å². The highest BCUT2D eigenvalue weighted by atomic mass is 32.2. The van der Waals surface area contributed by atoms with Crippen LogP contribution in [0.25, 0.3) is 0 Å². The second-order valence-corrected chi connectivity index (χ2v) is 10.5. The molecule has 1 heterocycles. The average Bonchev–Trinajstić information content (AvgIpc) is 2.92. The molecule has 11 nitrogen and oxygen atoms in total. The number of nitro groups is 1. The first-order chi connectivity index (χ1) is 18.3. The Morgan fingerprint density at radius 2 is 1.82 bits per heavy atom. The van der Waals surface area contributed by atoms with E-state index in [-0.39, 0.29) is 32.5 Å². The molecule has 0 aromatic heterocycles. The van der Waals surface area contributed by atoms with E-state index < -0.39 is 20.7 Å². The summed E-state index contributed by atoms with van der Waals surface area (Å²) in [5.74, 6) is -0.838. The summed E-state index contributed by atoms with van der Waals surface area (Å²) >= 11 is 0. The monoisotopic (exact) mass is 540 g/mol. The van der Waals surface area contributed by atoms with Gasteiger partial charge in [-0.25, -0.2) is 8.42 Å². The average molecular weight is 541 g/mol. The number of sulfone groups is 1. The van der Waals surface area contributed by atoms with Crippen molar-refractivity contribution in [1.82, 2.24) is 4.90 Å². The number of hydrogen-bond donors (Lipinski definition) is 2. The molecule has 1 saturated heterocycles. The number of morpholine rings is 1. The predicted octanol–water partition coefficient (Wildman–Crippen LogP) is 3.45. The molecule has 0 bridgehead atoms. The number of para-hydroxylation sites is 2. The van der Waals surface area contributed by atoms with Crippen LogP contribution >= 0.6 is 0 Å². The lowest BCUT2D eigenvalue weighted by Crippen LogP contribution is -2.37. The van der Waals surface area contributed by atoms with Crippen LogP contribution in [0.3, 0.4) is 0 Å². The lowest BCUT2D eigenvalue weighted by atomic mass is 10.2. The number of hydrogen-bond acceptors (Lipinski definition) is 9. The molecule has 3 N–H and O–H groups in total. The molecule has 0 unspecified atom stereocenters. The minimum atomic E-state index is -4.34. The lowest BCUT2D eigenvalue weighted by Gasteiger charge is -2.26. The third-order valence-corrected chi connectivity index (χ3v) is 7.82. The van der Waals surface area contributed by atoms with Gasteiger partial charge in [-0.05, 0) is 49.4 Å². The van der Waals surface area contributed by atoms with Gasteiger partial charge in [-0.15, -0.1) is 0 Å². The van der Waals surface area contributed by atoms with Crippen LogP contribution < -0.4 is 15.8 Å². The summed E-state index contributed by atoms with van der Waals surface area (Å²) in [4.78, 5) is 24.9. The Labute approximate surface area is 220 Å². The molecule has 0 radical (unpaired) electrons. The van der Waals surface area contributed by atoms with Crippen molar-refractivity contribution in [3.8, 4) is 11.5 Å². The number of nitrogens with one attached hydrogen (secondary N) is 1. The number of nitrogens with two attached hydrogens (primary N) is 1. The maximum atomic E-state index is 13.7. The van der Waals surface area contributed by atoms with Gasteiger partial charge >= 0.3 is 0 Å². The van der Waals surface area contributed by atoms with Crippen molar-refractivity contribution in [3.05, 3.63) is 82.4 Å². The number of anilines is 1. The number of nitrogens with zero attached hydrogens (tertiary/aromatic N) is 2. The molecule has 1 aliphatic heterocycles. The summed E-state index contributed by atoms with van der Waals surface area (Å²) in [6.07, 6.45) is 0.747. The molecule has 3 aromatic carbocycles. The quantitative estimate of drug-likeness (QED) is 0.211. The zero-order valence-corrected chi connectivity index (χ0v) is 21.4. The van der Waals surface area contributed by atoms with Crippen LogP contribution in [0.2, 0.25) is 0 Å². The largest absolute Gasteiger partial charge is 0.455 e. The Morgan fingerprint density at radius 1 is 1.08 bits per heavy atom. The van der Waals surface area contributed by atoms with Crippen LogP contribution in [0.1, 0.15) is 16.8 Å². The predicted molar refractivity (Wildman–Crippen MR) is 140 cm³/mol. The molecule has 0 saturated carbocycles. The van der Waals surface area contributed by atoms with E-state index in [1.54, 1.807) is 30.3 Å². The van der Waals surface area contributed by atoms with E-state index in [9.17, 15) is 23.3 Å². The van der Waals surface area contributed by atoms with E-state index in [0.717, 1.165) is 32.1 Å². The van der Waals surface area contributed by atoms with Gasteiger partial charge in [0.05, 0.1) is 28.6 Å². The van der Waals surface area contributed by atoms with Crippen molar-refractivity contribution < 1.29 is 27.6 Å². The van der Waals surface area contributed by atoms with Gasteiger partial charge < -0.3 is 20.5 Å². The minimum absolute atomic E-state index is 0.136. The highest BCUT2D eigenvalue weighted by molar-refractivity contribution is 7.91. The molecule has 1 fully saturated rings. The fraction of sp³-hybridized carbons (Fsp3) is 0.269. The number of nitro benzene ring substituents is 1. The van der Waals surface area contributed by atoms with Gasteiger partial charge in [0, 0.05) is 25.7 Å². The molecule has 1 aliphatic rings. The molecular weight excluding hydrogens is 512 g/mol. The summed E-state index contributed by atoms with van der Waals surface area (Å²) in [6.45, 7) is 4.36. The maximum absolute atomic E-state index is 13.7. The molecule has 1 amide bonds. The summed E-state index contributed by atoms with van der Waals surface area (Å²) in [5.41, 5.74) is 5.18. The fourth-order valence-corrected chi connectivity index (χ4v) is 5.51. The standard InChI is InChI=1S/C26H28N4O7S/c27-26(31)21-8-4-9-24(25(21)37-19-6-2-1-3-7-19)38(34,35)20-10-11-22(23(18-20)30(32)33)28-12-5-13-29-14-16-36-17-15-29/h1-4,6-11,18,28H,5,12-17H2,(H2,27,31). The molecular formula is C26H28N4O7S. The minimum Gasteiger partial charge on any atom is -0.455 e. The molecule has 200 valence electrons. The van der Waals surface area contributed by atoms with Gasteiger partial charge in [-0.2, -0.15) is 0 Å². The second-order valence-electron chi connectivity index (χ2n) is 8.59. The first-order valence-corrected chi connectivity index (χ1v) is 13.5. The number of primary amides is 1. The van der Waals surface area contributed by atoms with Crippen molar-refractivity contribution >= 4 is 27.1 Å². The molecule has 0 spiro atoms. The van der Waals surface area contributed by atoms with Crippen LogP contribution in [0, 0.1) is 10.1 Å². The zero-order chi connectivity index (χ0) is 27.1. The van der Waals surface area contributed by atoms with Crippen LogP contribution in [0.4, 0.5) is 11.4 Å². The van der Waals surface area contributed by atoms with Crippen molar-refractivity contribution in [1.29, 1.82) is 0 Å². The molecule has 0 aliphatic carbocycles. The van der Waals surface area contributed by atoms with Gasteiger partial charge in [-0.3, -0.25) is 19.8 Å². The Bertz CT molecular complexity index is 1410. The highest BCUT2D eigenvalue weighted by Crippen LogP contribution is 2.37. The first-order valence-electron chi connectivity index (χ1n) is 12.0. The van der Waals surface area contributed by atoms with Crippen molar-refractivity contribution in [2.75, 3.05) is 44.7 Å². The Morgan fingerprint density at radius 3 is 2.50 bits per heavy atom. The Balaban J connectivity index is 1.61. The first kappa shape index (κ1) is 27.0. The third kappa shape index (κ3) is 6.28. The second kappa shape index (κ2) is 12.0. The Kier molecular flexibility index (Phi) is 8.56. The number of amides is 1. The van der Waals surface area contributed by atoms with Crippen LogP contribution in [-0.2, 0) is 14.6 Å². The van der Waals surface area contributed by atoms with E-state index in [1.165, 1.54) is 30.3 Å².